The molecule has 1 aliphatic rings. The fourth-order valence-corrected chi connectivity index (χ4v) is 2.57. The van der Waals surface area contributed by atoms with Crippen molar-refractivity contribution in [2.24, 2.45) is 0 Å². The van der Waals surface area contributed by atoms with Gasteiger partial charge < -0.3 is 10.1 Å². The molecule has 1 aromatic carbocycles. The highest BCUT2D eigenvalue weighted by atomic mass is 35.5. The van der Waals surface area contributed by atoms with E-state index in [-0.39, 0.29) is 0 Å². The Labute approximate surface area is 113 Å². The van der Waals surface area contributed by atoms with Crippen molar-refractivity contribution in [1.29, 1.82) is 5.26 Å². The Balaban J connectivity index is 2.02. The molecule has 96 valence electrons. The number of hydrogen-bond donors (Lipinski definition) is 1. The maximum Gasteiger partial charge on any atom is 0.101 e. The van der Waals surface area contributed by atoms with Gasteiger partial charge in [-0.05, 0) is 43.9 Å². The minimum Gasteiger partial charge on any atom is -0.381 e. The van der Waals surface area contributed by atoms with Crippen LogP contribution in [0.3, 0.4) is 0 Å². The average molecular weight is 265 g/mol. The van der Waals surface area contributed by atoms with Gasteiger partial charge in [0.2, 0.25) is 0 Å². The van der Waals surface area contributed by atoms with Gasteiger partial charge >= 0.3 is 0 Å². The average Bonchev–Trinajstić information content (AvgIpc) is 2.40. The van der Waals surface area contributed by atoms with E-state index in [0.717, 1.165) is 31.4 Å². The number of rotatable bonds is 3. The molecular formula is C14H17ClN2O. The number of nitrogens with zero attached hydrogens (tertiary/aromatic N) is 1. The lowest BCUT2D eigenvalue weighted by Gasteiger charge is -2.29. The number of hydrogen-bond acceptors (Lipinski definition) is 3. The first-order valence-corrected chi connectivity index (χ1v) is 6.59. The summed E-state index contributed by atoms with van der Waals surface area (Å²) in [5.41, 5.74) is 1.49. The zero-order chi connectivity index (χ0) is 13.0. The Morgan fingerprint density at radius 2 is 2.06 bits per heavy atom. The summed E-state index contributed by atoms with van der Waals surface area (Å²) in [7, 11) is 1.77. The van der Waals surface area contributed by atoms with Crippen molar-refractivity contribution in [3.63, 3.8) is 0 Å². The molecule has 0 radical (unpaired) electrons. The fraction of sp³-hybridized carbons (Fsp3) is 0.500. The van der Waals surface area contributed by atoms with Crippen LogP contribution in [0.15, 0.2) is 18.2 Å². The maximum absolute atomic E-state index is 9.07. The van der Waals surface area contributed by atoms with Gasteiger partial charge in [0.1, 0.15) is 6.07 Å². The smallest absolute Gasteiger partial charge is 0.101 e. The van der Waals surface area contributed by atoms with E-state index < -0.39 is 0 Å². The van der Waals surface area contributed by atoms with Gasteiger partial charge in [0.05, 0.1) is 17.4 Å². The molecule has 1 saturated carbocycles. The molecule has 0 spiro atoms. The summed E-state index contributed by atoms with van der Waals surface area (Å²) in [6, 6.07) is 7.91. The van der Waals surface area contributed by atoms with E-state index in [4.69, 9.17) is 21.6 Å². The first-order chi connectivity index (χ1) is 8.72. The Kier molecular flexibility index (Phi) is 4.46. The summed E-state index contributed by atoms with van der Waals surface area (Å²) < 4.78 is 5.35. The number of halogens is 1. The molecule has 0 saturated heterocycles. The van der Waals surface area contributed by atoms with E-state index in [9.17, 15) is 0 Å². The van der Waals surface area contributed by atoms with Gasteiger partial charge in [-0.3, -0.25) is 0 Å². The molecule has 2 rings (SSSR count). The normalized spacial score (nSPS) is 23.4. The first-order valence-electron chi connectivity index (χ1n) is 6.22. The molecule has 1 aliphatic carbocycles. The second-order valence-electron chi connectivity index (χ2n) is 4.66. The molecule has 1 N–H and O–H groups in total. The maximum atomic E-state index is 9.07. The van der Waals surface area contributed by atoms with E-state index in [0.29, 0.717) is 22.7 Å². The quantitative estimate of drug-likeness (QED) is 0.908. The minimum absolute atomic E-state index is 0.387. The third kappa shape index (κ3) is 3.16. The van der Waals surface area contributed by atoms with E-state index in [2.05, 4.69) is 11.4 Å². The summed E-state index contributed by atoms with van der Waals surface area (Å²) >= 11 is 5.97. The monoisotopic (exact) mass is 264 g/mol. The highest BCUT2D eigenvalue weighted by molar-refractivity contribution is 6.30. The molecular weight excluding hydrogens is 248 g/mol. The molecule has 4 heteroatoms. The van der Waals surface area contributed by atoms with Crippen molar-refractivity contribution in [1.82, 2.24) is 0 Å². The van der Waals surface area contributed by atoms with Crippen molar-refractivity contribution >= 4 is 17.3 Å². The Morgan fingerprint density at radius 1 is 1.33 bits per heavy atom. The number of nitriles is 1. The molecule has 0 heterocycles. The molecule has 0 unspecified atom stereocenters. The van der Waals surface area contributed by atoms with Gasteiger partial charge in [-0.2, -0.15) is 5.26 Å². The van der Waals surface area contributed by atoms with Gasteiger partial charge in [0.25, 0.3) is 0 Å². The van der Waals surface area contributed by atoms with Gasteiger partial charge in [-0.25, -0.2) is 0 Å². The second kappa shape index (κ2) is 6.08. The Hall–Kier alpha value is -1.24. The number of anilines is 1. The predicted octanol–water partition coefficient (Wildman–Crippen LogP) is 3.58. The van der Waals surface area contributed by atoms with Gasteiger partial charge in [0, 0.05) is 18.2 Å². The highest BCUT2D eigenvalue weighted by Crippen LogP contribution is 2.26. The summed E-state index contributed by atoms with van der Waals surface area (Å²) in [6.07, 6.45) is 4.65. The molecule has 0 aliphatic heterocycles. The lowest BCUT2D eigenvalue weighted by atomic mass is 9.92. The van der Waals surface area contributed by atoms with Gasteiger partial charge in [-0.15, -0.1) is 0 Å². The fourth-order valence-electron chi connectivity index (χ4n) is 2.40. The summed E-state index contributed by atoms with van der Waals surface area (Å²) in [4.78, 5) is 0. The van der Waals surface area contributed by atoms with Crippen LogP contribution in [0.1, 0.15) is 31.2 Å². The number of benzene rings is 1. The number of nitrogens with one attached hydrogen (secondary N) is 1. The van der Waals surface area contributed by atoms with Crippen molar-refractivity contribution < 1.29 is 4.74 Å². The molecule has 1 aromatic rings. The van der Waals surface area contributed by atoms with Crippen LogP contribution in [0.2, 0.25) is 5.02 Å². The van der Waals surface area contributed by atoms with Crippen LogP contribution in [0.5, 0.6) is 0 Å². The zero-order valence-corrected chi connectivity index (χ0v) is 11.2. The Bertz CT molecular complexity index is 448. The summed E-state index contributed by atoms with van der Waals surface area (Å²) in [5, 5.41) is 13.1. The lowest BCUT2D eigenvalue weighted by Crippen LogP contribution is -2.29. The molecule has 18 heavy (non-hydrogen) atoms. The number of methoxy groups -OCH3 is 1. The van der Waals surface area contributed by atoms with Crippen LogP contribution < -0.4 is 5.32 Å². The van der Waals surface area contributed by atoms with Crippen LogP contribution >= 0.6 is 11.6 Å². The SMILES string of the molecule is COC1CCC(Nc2cc(Cl)ccc2C#N)CC1. The molecule has 0 aromatic heterocycles. The van der Waals surface area contributed by atoms with Gasteiger partial charge in [-0.1, -0.05) is 11.6 Å². The van der Waals surface area contributed by atoms with Crippen LogP contribution in [0.25, 0.3) is 0 Å². The minimum atomic E-state index is 0.387. The highest BCUT2D eigenvalue weighted by Gasteiger charge is 2.21. The van der Waals surface area contributed by atoms with Crippen molar-refractivity contribution in [3.8, 4) is 6.07 Å². The van der Waals surface area contributed by atoms with Crippen molar-refractivity contribution in [2.45, 2.75) is 37.8 Å². The summed E-state index contributed by atoms with van der Waals surface area (Å²) in [6.45, 7) is 0. The van der Waals surface area contributed by atoms with Gasteiger partial charge in [0.15, 0.2) is 0 Å². The molecule has 0 amide bonds. The van der Waals surface area contributed by atoms with E-state index in [1.165, 1.54) is 0 Å². The van der Waals surface area contributed by atoms with Crippen LogP contribution in [-0.4, -0.2) is 19.3 Å². The van der Waals surface area contributed by atoms with Crippen molar-refractivity contribution in [3.05, 3.63) is 28.8 Å². The Morgan fingerprint density at radius 3 is 2.67 bits per heavy atom. The number of ether oxygens (including phenoxy) is 1. The van der Waals surface area contributed by atoms with Crippen LogP contribution in [0.4, 0.5) is 5.69 Å². The standard InChI is InChI=1S/C14H17ClN2O/c1-18-13-6-4-12(5-7-13)17-14-8-11(15)3-2-10(14)9-16/h2-3,8,12-13,17H,4-7H2,1H3. The molecule has 0 bridgehead atoms. The topological polar surface area (TPSA) is 45.0 Å². The van der Waals surface area contributed by atoms with E-state index >= 15 is 0 Å². The van der Waals surface area contributed by atoms with Crippen LogP contribution in [0, 0.1) is 11.3 Å². The largest absolute Gasteiger partial charge is 0.381 e. The molecule has 1 fully saturated rings. The van der Waals surface area contributed by atoms with E-state index in [1.807, 2.05) is 6.07 Å². The second-order valence-corrected chi connectivity index (χ2v) is 5.09. The third-order valence-electron chi connectivity index (χ3n) is 3.47. The van der Waals surface area contributed by atoms with Crippen molar-refractivity contribution in [2.75, 3.05) is 12.4 Å². The third-order valence-corrected chi connectivity index (χ3v) is 3.70. The molecule has 3 nitrogen and oxygen atoms in total. The predicted molar refractivity (Wildman–Crippen MR) is 72.8 cm³/mol. The summed E-state index contributed by atoms with van der Waals surface area (Å²) in [5.74, 6) is 0. The lowest BCUT2D eigenvalue weighted by molar-refractivity contribution is 0.0682. The van der Waals surface area contributed by atoms with E-state index in [1.54, 1.807) is 19.2 Å². The van der Waals surface area contributed by atoms with Crippen LogP contribution in [-0.2, 0) is 4.74 Å². The molecule has 0 atom stereocenters. The first kappa shape index (κ1) is 13.2. The zero-order valence-electron chi connectivity index (χ0n) is 10.4.